The molecule has 0 unspecified atom stereocenters. The number of ether oxygens (including phenoxy) is 2. The summed E-state index contributed by atoms with van der Waals surface area (Å²) in [6.45, 7) is 15.6. The highest BCUT2D eigenvalue weighted by molar-refractivity contribution is 5.98. The number of aryl methyl sites for hydroxylation is 1. The summed E-state index contributed by atoms with van der Waals surface area (Å²) in [6, 6.07) is -0.0952. The zero-order chi connectivity index (χ0) is 29.4. The van der Waals surface area contributed by atoms with Crippen molar-refractivity contribution in [3.63, 3.8) is 0 Å². The molecule has 1 aliphatic rings. The second kappa shape index (κ2) is 14.0. The molecule has 1 saturated heterocycles. The normalized spacial score (nSPS) is 17.6. The Bertz CT molecular complexity index is 1140. The smallest absolute Gasteiger partial charge is 0.341 e. The van der Waals surface area contributed by atoms with Crippen LogP contribution in [0.15, 0.2) is 12.4 Å². The molecule has 0 saturated carbocycles. The average Bonchev–Trinajstić information content (AvgIpc) is 3.30. The van der Waals surface area contributed by atoms with E-state index in [1.807, 2.05) is 11.9 Å². The number of hydrogen-bond donors (Lipinski definition) is 2. The van der Waals surface area contributed by atoms with Crippen molar-refractivity contribution in [2.24, 2.45) is 13.0 Å². The van der Waals surface area contributed by atoms with Crippen molar-refractivity contribution in [3.8, 4) is 0 Å². The van der Waals surface area contributed by atoms with Gasteiger partial charge < -0.3 is 25.0 Å². The van der Waals surface area contributed by atoms with Crippen molar-refractivity contribution < 1.29 is 19.1 Å². The largest absolute Gasteiger partial charge is 0.462 e. The van der Waals surface area contributed by atoms with Crippen LogP contribution in [0.2, 0.25) is 0 Å². The molecule has 40 heavy (non-hydrogen) atoms. The summed E-state index contributed by atoms with van der Waals surface area (Å²) in [5.41, 5.74) is 1.50. The third-order valence-electron chi connectivity index (χ3n) is 6.97. The van der Waals surface area contributed by atoms with Gasteiger partial charge in [-0.3, -0.25) is 9.48 Å². The van der Waals surface area contributed by atoms with Gasteiger partial charge in [-0.25, -0.2) is 14.8 Å². The molecule has 0 spiro atoms. The Morgan fingerprint density at radius 3 is 2.62 bits per heavy atom. The Morgan fingerprint density at radius 1 is 1.23 bits per heavy atom. The Morgan fingerprint density at radius 2 is 1.98 bits per heavy atom. The molecule has 3 heterocycles. The monoisotopic (exact) mass is 557 g/mol. The minimum absolute atomic E-state index is 0.0146. The molecule has 0 aliphatic carbocycles. The summed E-state index contributed by atoms with van der Waals surface area (Å²) >= 11 is 0. The molecular formula is C29H47N7O4. The topological polar surface area (TPSA) is 124 Å². The van der Waals surface area contributed by atoms with E-state index in [0.717, 1.165) is 12.1 Å². The van der Waals surface area contributed by atoms with Crippen LogP contribution in [0.5, 0.6) is 0 Å². The van der Waals surface area contributed by atoms with Crippen molar-refractivity contribution >= 4 is 17.7 Å². The van der Waals surface area contributed by atoms with Crippen molar-refractivity contribution in [1.82, 2.24) is 30.0 Å². The Balaban J connectivity index is 1.93. The molecule has 1 fully saturated rings. The van der Waals surface area contributed by atoms with E-state index < -0.39 is 0 Å². The van der Waals surface area contributed by atoms with E-state index in [-0.39, 0.29) is 35.2 Å². The molecule has 11 heteroatoms. The molecule has 2 aromatic rings. The maximum Gasteiger partial charge on any atom is 0.341 e. The van der Waals surface area contributed by atoms with Gasteiger partial charge in [0, 0.05) is 70.5 Å². The van der Waals surface area contributed by atoms with Gasteiger partial charge in [0.25, 0.3) is 5.91 Å². The van der Waals surface area contributed by atoms with Crippen LogP contribution < -0.4 is 10.6 Å². The van der Waals surface area contributed by atoms with Crippen LogP contribution in [0.25, 0.3) is 0 Å². The third kappa shape index (κ3) is 7.78. The number of carbonyl (C=O) groups excluding carboxylic acids is 2. The second-order valence-electron chi connectivity index (χ2n) is 11.9. The summed E-state index contributed by atoms with van der Waals surface area (Å²) in [5.74, 6) is 0.986. The maximum absolute atomic E-state index is 14.2. The van der Waals surface area contributed by atoms with Gasteiger partial charge in [-0.15, -0.1) is 0 Å². The van der Waals surface area contributed by atoms with Crippen LogP contribution in [0.3, 0.4) is 0 Å². The van der Waals surface area contributed by atoms with Gasteiger partial charge in [-0.1, -0.05) is 34.6 Å². The fraction of sp³-hybridized carbons (Fsp3) is 0.690. The van der Waals surface area contributed by atoms with E-state index in [1.165, 1.54) is 0 Å². The van der Waals surface area contributed by atoms with E-state index >= 15 is 0 Å². The summed E-state index contributed by atoms with van der Waals surface area (Å²) in [4.78, 5) is 38.2. The number of amides is 1. The van der Waals surface area contributed by atoms with Crippen LogP contribution >= 0.6 is 0 Å². The lowest BCUT2D eigenvalue weighted by Gasteiger charge is -2.39. The molecule has 0 aromatic carbocycles. The number of rotatable bonds is 12. The van der Waals surface area contributed by atoms with E-state index in [9.17, 15) is 9.59 Å². The van der Waals surface area contributed by atoms with Crippen LogP contribution in [-0.2, 0) is 21.9 Å². The van der Waals surface area contributed by atoms with Crippen LogP contribution in [0.1, 0.15) is 92.5 Å². The van der Waals surface area contributed by atoms with Gasteiger partial charge in [0.2, 0.25) is 0 Å². The first-order valence-electron chi connectivity index (χ1n) is 14.3. The van der Waals surface area contributed by atoms with E-state index in [2.05, 4.69) is 55.3 Å². The van der Waals surface area contributed by atoms with Crippen LogP contribution in [0, 0.1) is 5.92 Å². The molecule has 0 radical (unpaired) electrons. The Hall–Kier alpha value is -3.05. The number of esters is 1. The summed E-state index contributed by atoms with van der Waals surface area (Å²) in [5, 5.41) is 11.2. The molecule has 2 aromatic heterocycles. The molecule has 2 atom stereocenters. The fourth-order valence-electron chi connectivity index (χ4n) is 5.07. The molecule has 222 valence electrons. The number of anilines is 1. The SMILES string of the molecule is CCOC(=O)c1cnn(C)c1[C@H]1CNC[C@@H](N(CC(C)C)C(=O)c2cnc(C(C)(C)C)nc2NCCCOC)C1. The molecule has 0 bridgehead atoms. The number of hydrogen-bond acceptors (Lipinski definition) is 9. The summed E-state index contributed by atoms with van der Waals surface area (Å²) < 4.78 is 12.2. The standard InChI is InChI=1S/C29H47N7O4/c1-9-40-27(38)22-17-33-35(7)24(22)20-13-21(15-30-14-20)36(18-19(2)3)26(37)23-16-32-28(29(4,5)6)34-25(23)31-11-10-12-39-8/h16-17,19-21,30H,9-15,18H2,1-8H3,(H,31,32,34)/t20-,21+/m1/s1. The van der Waals surface area contributed by atoms with Crippen molar-refractivity contribution in [2.45, 2.75) is 71.8 Å². The first-order chi connectivity index (χ1) is 19.0. The first kappa shape index (κ1) is 31.5. The van der Waals surface area contributed by atoms with Crippen molar-refractivity contribution in [2.75, 3.05) is 51.8 Å². The fourth-order valence-corrected chi connectivity index (χ4v) is 5.07. The molecule has 2 N–H and O–H groups in total. The number of piperidine rings is 1. The minimum Gasteiger partial charge on any atom is -0.462 e. The van der Waals surface area contributed by atoms with Crippen LogP contribution in [-0.4, -0.2) is 89.1 Å². The van der Waals surface area contributed by atoms with Gasteiger partial charge in [-0.05, 0) is 25.7 Å². The molecular weight excluding hydrogens is 510 g/mol. The van der Waals surface area contributed by atoms with Gasteiger partial charge in [0.05, 0.1) is 18.5 Å². The highest BCUT2D eigenvalue weighted by Gasteiger charge is 2.35. The van der Waals surface area contributed by atoms with Gasteiger partial charge >= 0.3 is 5.97 Å². The zero-order valence-electron chi connectivity index (χ0n) is 25.4. The Labute approximate surface area is 238 Å². The third-order valence-corrected chi connectivity index (χ3v) is 6.97. The molecule has 1 amide bonds. The van der Waals surface area contributed by atoms with Gasteiger partial charge in [0.1, 0.15) is 22.8 Å². The summed E-state index contributed by atoms with van der Waals surface area (Å²) in [6.07, 6.45) is 4.71. The highest BCUT2D eigenvalue weighted by Crippen LogP contribution is 2.30. The molecule has 3 rings (SSSR count). The van der Waals surface area contributed by atoms with Gasteiger partial charge in [0.15, 0.2) is 0 Å². The van der Waals surface area contributed by atoms with Crippen molar-refractivity contribution in [3.05, 3.63) is 35.0 Å². The molecule has 11 nitrogen and oxygen atoms in total. The maximum atomic E-state index is 14.2. The van der Waals surface area contributed by atoms with Crippen LogP contribution in [0.4, 0.5) is 5.82 Å². The van der Waals surface area contributed by atoms with E-state index in [0.29, 0.717) is 68.6 Å². The quantitative estimate of drug-likeness (QED) is 0.299. The number of aromatic nitrogens is 4. The Kier molecular flexibility index (Phi) is 11.0. The number of methoxy groups -OCH3 is 1. The van der Waals surface area contributed by atoms with Crippen molar-refractivity contribution in [1.29, 1.82) is 0 Å². The summed E-state index contributed by atoms with van der Waals surface area (Å²) in [7, 11) is 3.52. The van der Waals surface area contributed by atoms with Gasteiger partial charge in [-0.2, -0.15) is 5.10 Å². The first-order valence-corrected chi connectivity index (χ1v) is 14.3. The second-order valence-corrected chi connectivity index (χ2v) is 11.9. The number of carbonyl (C=O) groups is 2. The number of nitrogens with one attached hydrogen (secondary N) is 2. The highest BCUT2D eigenvalue weighted by atomic mass is 16.5. The predicted octanol–water partition coefficient (Wildman–Crippen LogP) is 3.38. The minimum atomic E-state index is -0.372. The lowest BCUT2D eigenvalue weighted by Crippen LogP contribution is -2.52. The lowest BCUT2D eigenvalue weighted by atomic mass is 9.89. The number of nitrogens with zero attached hydrogens (tertiary/aromatic N) is 5. The zero-order valence-corrected chi connectivity index (χ0v) is 25.4. The lowest BCUT2D eigenvalue weighted by molar-refractivity contribution is 0.0518. The average molecular weight is 558 g/mol. The van der Waals surface area contributed by atoms with E-state index in [4.69, 9.17) is 14.5 Å². The van der Waals surface area contributed by atoms with E-state index in [1.54, 1.807) is 31.1 Å². The molecule has 1 aliphatic heterocycles. The predicted molar refractivity (Wildman–Crippen MR) is 155 cm³/mol.